The van der Waals surface area contributed by atoms with Crippen molar-refractivity contribution < 1.29 is 4.92 Å². The summed E-state index contributed by atoms with van der Waals surface area (Å²) in [6.45, 7) is 14.8. The number of nitrogens with one attached hydrogen (secondary N) is 1. The van der Waals surface area contributed by atoms with Crippen LogP contribution in [-0.4, -0.2) is 10.5 Å². The van der Waals surface area contributed by atoms with E-state index in [2.05, 4.69) is 46.9 Å². The molecule has 0 heterocycles. The molecule has 4 heteroatoms. The SMILES string of the molecule is Cc1ccc(C(C)NC(C)(C)CC(C)(C)C)cc1[N+](=O)[O-]. The van der Waals surface area contributed by atoms with Crippen LogP contribution in [-0.2, 0) is 0 Å². The minimum absolute atomic E-state index is 0.0304. The lowest BCUT2D eigenvalue weighted by atomic mass is 9.81. The molecule has 1 atom stereocenters. The fraction of sp³-hybridized carbons (Fsp3) is 0.647. The van der Waals surface area contributed by atoms with Gasteiger partial charge in [-0.1, -0.05) is 32.9 Å². The normalized spacial score (nSPS) is 14.0. The molecule has 0 saturated heterocycles. The van der Waals surface area contributed by atoms with E-state index in [-0.39, 0.29) is 27.6 Å². The van der Waals surface area contributed by atoms with Crippen molar-refractivity contribution >= 4 is 5.69 Å². The average Bonchev–Trinajstić information content (AvgIpc) is 2.24. The van der Waals surface area contributed by atoms with Gasteiger partial charge in [0.25, 0.3) is 5.69 Å². The Morgan fingerprint density at radius 3 is 2.29 bits per heavy atom. The van der Waals surface area contributed by atoms with Crippen LogP contribution < -0.4 is 5.32 Å². The molecule has 118 valence electrons. The van der Waals surface area contributed by atoms with Gasteiger partial charge >= 0.3 is 0 Å². The van der Waals surface area contributed by atoms with Gasteiger partial charge in [0.2, 0.25) is 0 Å². The Morgan fingerprint density at radius 2 is 1.81 bits per heavy atom. The van der Waals surface area contributed by atoms with Crippen LogP contribution in [0.3, 0.4) is 0 Å². The maximum atomic E-state index is 11.1. The monoisotopic (exact) mass is 292 g/mol. The Labute approximate surface area is 128 Å². The Morgan fingerprint density at radius 1 is 1.24 bits per heavy atom. The summed E-state index contributed by atoms with van der Waals surface area (Å²) < 4.78 is 0. The Balaban J connectivity index is 2.92. The topological polar surface area (TPSA) is 55.2 Å². The number of nitrogens with zero attached hydrogens (tertiary/aromatic N) is 1. The first-order valence-electron chi connectivity index (χ1n) is 7.44. The molecule has 1 N–H and O–H groups in total. The summed E-state index contributed by atoms with van der Waals surface area (Å²) in [4.78, 5) is 10.7. The number of aryl methyl sites for hydroxylation is 1. The quantitative estimate of drug-likeness (QED) is 0.628. The molecular formula is C17H28N2O2. The van der Waals surface area contributed by atoms with Crippen molar-refractivity contribution in [3.63, 3.8) is 0 Å². The predicted molar refractivity (Wildman–Crippen MR) is 87.5 cm³/mol. The van der Waals surface area contributed by atoms with Crippen LogP contribution in [0.25, 0.3) is 0 Å². The van der Waals surface area contributed by atoms with E-state index >= 15 is 0 Å². The average molecular weight is 292 g/mol. The standard InChI is InChI=1S/C17H28N2O2/c1-12-8-9-14(10-15(12)19(20)21)13(2)18-17(6,7)11-16(3,4)5/h8-10,13,18H,11H2,1-7H3. The molecule has 0 amide bonds. The molecule has 0 bridgehead atoms. The molecule has 0 aliphatic rings. The molecule has 4 nitrogen and oxygen atoms in total. The largest absolute Gasteiger partial charge is 0.305 e. The number of nitro benzene ring substituents is 1. The smallest absolute Gasteiger partial charge is 0.272 e. The Hall–Kier alpha value is -1.42. The van der Waals surface area contributed by atoms with Crippen molar-refractivity contribution in [3.8, 4) is 0 Å². The van der Waals surface area contributed by atoms with Crippen LogP contribution in [0.15, 0.2) is 18.2 Å². The first-order chi connectivity index (χ1) is 9.41. The van der Waals surface area contributed by atoms with E-state index in [1.807, 2.05) is 12.1 Å². The van der Waals surface area contributed by atoms with Crippen LogP contribution in [0, 0.1) is 22.5 Å². The van der Waals surface area contributed by atoms with Crippen molar-refractivity contribution in [1.29, 1.82) is 0 Å². The Kier molecular flexibility index (Phi) is 5.16. The van der Waals surface area contributed by atoms with E-state index in [0.29, 0.717) is 5.56 Å². The lowest BCUT2D eigenvalue weighted by Crippen LogP contribution is -2.43. The Bertz CT molecular complexity index is 516. The molecule has 0 aromatic heterocycles. The van der Waals surface area contributed by atoms with E-state index in [4.69, 9.17) is 0 Å². The molecule has 0 radical (unpaired) electrons. The van der Waals surface area contributed by atoms with Gasteiger partial charge in [-0.3, -0.25) is 10.1 Å². The molecule has 0 saturated carbocycles. The fourth-order valence-corrected chi connectivity index (χ4v) is 3.14. The second-order valence-corrected chi connectivity index (χ2v) is 7.79. The second-order valence-electron chi connectivity index (χ2n) is 7.79. The third-order valence-electron chi connectivity index (χ3n) is 3.51. The highest BCUT2D eigenvalue weighted by atomic mass is 16.6. The highest BCUT2D eigenvalue weighted by Crippen LogP contribution is 2.30. The van der Waals surface area contributed by atoms with E-state index in [1.54, 1.807) is 13.0 Å². The zero-order chi connectivity index (χ0) is 16.4. The van der Waals surface area contributed by atoms with Gasteiger partial charge in [0.1, 0.15) is 0 Å². The maximum absolute atomic E-state index is 11.1. The van der Waals surface area contributed by atoms with E-state index in [0.717, 1.165) is 12.0 Å². The van der Waals surface area contributed by atoms with Crippen molar-refractivity contribution in [2.45, 2.75) is 66.5 Å². The van der Waals surface area contributed by atoms with Crippen LogP contribution in [0.5, 0.6) is 0 Å². The van der Waals surface area contributed by atoms with Gasteiger partial charge in [-0.25, -0.2) is 0 Å². The number of hydrogen-bond acceptors (Lipinski definition) is 3. The first-order valence-corrected chi connectivity index (χ1v) is 7.44. The van der Waals surface area contributed by atoms with E-state index in [9.17, 15) is 10.1 Å². The van der Waals surface area contributed by atoms with Crippen LogP contribution in [0.1, 0.15) is 65.1 Å². The van der Waals surface area contributed by atoms with Crippen molar-refractivity contribution in [1.82, 2.24) is 5.32 Å². The molecule has 1 aromatic carbocycles. The van der Waals surface area contributed by atoms with Crippen LogP contribution in [0.2, 0.25) is 0 Å². The number of hydrogen-bond donors (Lipinski definition) is 1. The summed E-state index contributed by atoms with van der Waals surface area (Å²) in [5.41, 5.74) is 2.04. The highest BCUT2D eigenvalue weighted by Gasteiger charge is 2.27. The molecule has 1 aromatic rings. The van der Waals surface area contributed by atoms with Crippen LogP contribution >= 0.6 is 0 Å². The molecule has 0 spiro atoms. The van der Waals surface area contributed by atoms with E-state index in [1.165, 1.54) is 0 Å². The molecule has 0 fully saturated rings. The van der Waals surface area contributed by atoms with Gasteiger partial charge in [0.15, 0.2) is 0 Å². The van der Waals surface area contributed by atoms with Gasteiger partial charge in [0, 0.05) is 23.2 Å². The summed E-state index contributed by atoms with van der Waals surface area (Å²) >= 11 is 0. The molecule has 1 rings (SSSR count). The minimum Gasteiger partial charge on any atom is -0.305 e. The third kappa shape index (κ3) is 5.46. The summed E-state index contributed by atoms with van der Waals surface area (Å²) in [6.07, 6.45) is 1.03. The molecule has 0 aliphatic carbocycles. The molecular weight excluding hydrogens is 264 g/mol. The lowest BCUT2D eigenvalue weighted by molar-refractivity contribution is -0.385. The summed E-state index contributed by atoms with van der Waals surface area (Å²) in [5, 5.41) is 14.6. The first kappa shape index (κ1) is 17.6. The number of nitro groups is 1. The van der Waals surface area contributed by atoms with Gasteiger partial charge in [-0.05, 0) is 45.1 Å². The van der Waals surface area contributed by atoms with Crippen LogP contribution in [0.4, 0.5) is 5.69 Å². The second kappa shape index (κ2) is 6.14. The number of benzene rings is 1. The minimum atomic E-state index is -0.314. The van der Waals surface area contributed by atoms with Crippen molar-refractivity contribution in [2.24, 2.45) is 5.41 Å². The zero-order valence-corrected chi connectivity index (χ0v) is 14.3. The lowest BCUT2D eigenvalue weighted by Gasteiger charge is -2.36. The van der Waals surface area contributed by atoms with Gasteiger partial charge < -0.3 is 5.32 Å². The summed E-state index contributed by atoms with van der Waals surface area (Å²) in [5.74, 6) is 0. The highest BCUT2D eigenvalue weighted by molar-refractivity contribution is 5.43. The molecule has 21 heavy (non-hydrogen) atoms. The van der Waals surface area contributed by atoms with Crippen molar-refractivity contribution in [3.05, 3.63) is 39.4 Å². The van der Waals surface area contributed by atoms with E-state index < -0.39 is 0 Å². The zero-order valence-electron chi connectivity index (χ0n) is 14.3. The predicted octanol–water partition coefficient (Wildman–Crippen LogP) is 4.77. The maximum Gasteiger partial charge on any atom is 0.272 e. The van der Waals surface area contributed by atoms with Crippen molar-refractivity contribution in [2.75, 3.05) is 0 Å². The van der Waals surface area contributed by atoms with Gasteiger partial charge in [-0.15, -0.1) is 0 Å². The molecule has 1 unspecified atom stereocenters. The molecule has 0 aliphatic heterocycles. The summed E-state index contributed by atoms with van der Waals surface area (Å²) in [7, 11) is 0. The van der Waals surface area contributed by atoms with Gasteiger partial charge in [-0.2, -0.15) is 0 Å². The number of rotatable bonds is 5. The summed E-state index contributed by atoms with van der Waals surface area (Å²) in [6, 6.07) is 5.54. The third-order valence-corrected chi connectivity index (χ3v) is 3.51. The van der Waals surface area contributed by atoms with Gasteiger partial charge in [0.05, 0.1) is 4.92 Å². The fourth-order valence-electron chi connectivity index (χ4n) is 3.14.